The Hall–Kier alpha value is -1.04. The monoisotopic (exact) mass is 312 g/mol. The van der Waals surface area contributed by atoms with Crippen molar-refractivity contribution in [3.8, 4) is 0 Å². The summed E-state index contributed by atoms with van der Waals surface area (Å²) < 4.78 is 26.9. The Labute approximate surface area is 131 Å². The molecule has 124 valence electrons. The first-order chi connectivity index (χ1) is 10.5. The van der Waals surface area contributed by atoms with Crippen LogP contribution in [0.1, 0.15) is 38.3 Å². The molecule has 0 saturated carbocycles. The van der Waals surface area contributed by atoms with Crippen LogP contribution in [-0.2, 0) is 0 Å². The molecule has 1 heterocycles. The molecule has 1 saturated heterocycles. The summed E-state index contributed by atoms with van der Waals surface area (Å²) in [5, 5.41) is 13.2. The molecule has 2 atom stereocenters. The molecule has 1 aliphatic rings. The predicted octanol–water partition coefficient (Wildman–Crippen LogP) is 2.71. The maximum atomic E-state index is 13.7. The first-order valence-electron chi connectivity index (χ1n) is 8.05. The van der Waals surface area contributed by atoms with Crippen molar-refractivity contribution in [3.05, 3.63) is 35.4 Å². The Morgan fingerprint density at radius 2 is 2.00 bits per heavy atom. The second kappa shape index (κ2) is 7.99. The molecule has 3 nitrogen and oxygen atoms in total. The molecule has 0 amide bonds. The number of nitrogens with zero attached hydrogens (tertiary/aromatic N) is 1. The smallest absolute Gasteiger partial charge is 0.163 e. The van der Waals surface area contributed by atoms with E-state index < -0.39 is 17.7 Å². The van der Waals surface area contributed by atoms with Crippen LogP contribution >= 0.6 is 0 Å². The number of aliphatic hydroxyl groups excluding tert-OH is 1. The molecule has 2 N–H and O–H groups in total. The third-order valence-corrected chi connectivity index (χ3v) is 4.45. The summed E-state index contributed by atoms with van der Waals surface area (Å²) >= 11 is 0. The molecule has 2 unspecified atom stereocenters. The van der Waals surface area contributed by atoms with Gasteiger partial charge in [-0.2, -0.15) is 0 Å². The Balaban J connectivity index is 1.78. The van der Waals surface area contributed by atoms with E-state index in [-0.39, 0.29) is 6.04 Å². The van der Waals surface area contributed by atoms with E-state index in [1.807, 2.05) is 0 Å². The highest BCUT2D eigenvalue weighted by Crippen LogP contribution is 2.19. The highest BCUT2D eigenvalue weighted by atomic mass is 19.2. The number of rotatable bonds is 6. The lowest BCUT2D eigenvalue weighted by atomic mass is 9.99. The summed E-state index contributed by atoms with van der Waals surface area (Å²) in [4.78, 5) is 2.26. The average Bonchev–Trinajstić information content (AvgIpc) is 2.50. The van der Waals surface area contributed by atoms with Gasteiger partial charge in [-0.15, -0.1) is 0 Å². The van der Waals surface area contributed by atoms with Crippen molar-refractivity contribution in [3.63, 3.8) is 0 Å². The maximum Gasteiger partial charge on any atom is 0.163 e. The van der Waals surface area contributed by atoms with E-state index in [4.69, 9.17) is 0 Å². The zero-order chi connectivity index (χ0) is 16.1. The van der Waals surface area contributed by atoms with Gasteiger partial charge in [-0.3, -0.25) is 0 Å². The number of β-amino-alcohol motifs (C(OH)–C–C–N with tert-alkyl or cyclic N) is 1. The number of hydrogen-bond acceptors (Lipinski definition) is 3. The number of hydrogen-bond donors (Lipinski definition) is 2. The lowest BCUT2D eigenvalue weighted by Crippen LogP contribution is -2.42. The first kappa shape index (κ1) is 17.3. The second-order valence-corrected chi connectivity index (χ2v) is 6.41. The van der Waals surface area contributed by atoms with Gasteiger partial charge in [0.1, 0.15) is 0 Å². The summed E-state index contributed by atoms with van der Waals surface area (Å²) in [5.41, 5.74) is 0.291. The number of nitrogens with one attached hydrogen (secondary N) is 1. The third kappa shape index (κ3) is 4.73. The highest BCUT2D eigenvalue weighted by molar-refractivity contribution is 5.21. The van der Waals surface area contributed by atoms with Crippen LogP contribution in [0.5, 0.6) is 0 Å². The fourth-order valence-electron chi connectivity index (χ4n) is 2.88. The Kier molecular flexibility index (Phi) is 6.29. The molecule has 1 aromatic rings. The molecular formula is C17H26F2N2O. The van der Waals surface area contributed by atoms with E-state index in [0.29, 0.717) is 18.7 Å². The zero-order valence-electron chi connectivity index (χ0n) is 13.4. The summed E-state index contributed by atoms with van der Waals surface area (Å²) in [5.74, 6) is -0.890. The van der Waals surface area contributed by atoms with E-state index in [1.54, 1.807) is 13.0 Å². The van der Waals surface area contributed by atoms with E-state index in [9.17, 15) is 13.9 Å². The molecule has 0 spiro atoms. The van der Waals surface area contributed by atoms with Crippen molar-refractivity contribution in [2.24, 2.45) is 5.92 Å². The first-order valence-corrected chi connectivity index (χ1v) is 8.05. The minimum absolute atomic E-state index is 0.291. The van der Waals surface area contributed by atoms with Crippen LogP contribution in [0.2, 0.25) is 0 Å². The fraction of sp³-hybridized carbons (Fsp3) is 0.647. The van der Waals surface area contributed by atoms with E-state index >= 15 is 0 Å². The predicted molar refractivity (Wildman–Crippen MR) is 83.6 cm³/mol. The van der Waals surface area contributed by atoms with Crippen molar-refractivity contribution < 1.29 is 13.9 Å². The van der Waals surface area contributed by atoms with Crippen LogP contribution < -0.4 is 5.32 Å². The topological polar surface area (TPSA) is 35.5 Å². The van der Waals surface area contributed by atoms with Crippen LogP contribution in [0.15, 0.2) is 18.2 Å². The summed E-state index contributed by atoms with van der Waals surface area (Å²) in [7, 11) is 0. The van der Waals surface area contributed by atoms with Crippen molar-refractivity contribution >= 4 is 0 Å². The summed E-state index contributed by atoms with van der Waals surface area (Å²) in [6.07, 6.45) is 1.84. The van der Waals surface area contributed by atoms with Gasteiger partial charge in [0.05, 0.1) is 6.10 Å². The maximum absolute atomic E-state index is 13.7. The van der Waals surface area contributed by atoms with Gasteiger partial charge in [-0.1, -0.05) is 19.1 Å². The van der Waals surface area contributed by atoms with Gasteiger partial charge in [0.25, 0.3) is 0 Å². The number of likely N-dealkylation sites (tertiary alicyclic amines) is 1. The van der Waals surface area contributed by atoms with Gasteiger partial charge >= 0.3 is 0 Å². The molecular weight excluding hydrogens is 286 g/mol. The van der Waals surface area contributed by atoms with E-state index in [2.05, 4.69) is 17.1 Å². The Bertz CT molecular complexity index is 476. The average molecular weight is 312 g/mol. The number of piperidine rings is 1. The number of halogens is 2. The van der Waals surface area contributed by atoms with Crippen molar-refractivity contribution in [1.82, 2.24) is 10.2 Å². The SMILES string of the molecule is CC1CCN(CC(O)CNC(C)c2cccc(F)c2F)CC1. The van der Waals surface area contributed by atoms with Gasteiger partial charge in [0.15, 0.2) is 11.6 Å². The van der Waals surface area contributed by atoms with Gasteiger partial charge in [0.2, 0.25) is 0 Å². The van der Waals surface area contributed by atoms with Crippen LogP contribution in [0.25, 0.3) is 0 Å². The molecule has 5 heteroatoms. The molecule has 1 aliphatic heterocycles. The van der Waals surface area contributed by atoms with Crippen molar-refractivity contribution in [2.45, 2.75) is 38.8 Å². The molecule has 1 aromatic carbocycles. The Morgan fingerprint density at radius 1 is 1.32 bits per heavy atom. The summed E-state index contributed by atoms with van der Waals surface area (Å²) in [6.45, 7) is 7.05. The highest BCUT2D eigenvalue weighted by Gasteiger charge is 2.19. The van der Waals surface area contributed by atoms with Crippen LogP contribution in [-0.4, -0.2) is 42.3 Å². The number of benzene rings is 1. The molecule has 0 aliphatic carbocycles. The standard InChI is InChI=1S/C17H26F2N2O/c1-12-6-8-21(9-7-12)11-14(22)10-20-13(2)15-4-3-5-16(18)17(15)19/h3-5,12-14,20,22H,6-11H2,1-2H3. The summed E-state index contributed by atoms with van der Waals surface area (Å²) in [6, 6.07) is 3.83. The third-order valence-electron chi connectivity index (χ3n) is 4.45. The second-order valence-electron chi connectivity index (χ2n) is 6.41. The normalized spacial score (nSPS) is 20.0. The minimum atomic E-state index is -0.839. The van der Waals surface area contributed by atoms with Crippen LogP contribution in [0.3, 0.4) is 0 Å². The van der Waals surface area contributed by atoms with Gasteiger partial charge in [-0.25, -0.2) is 8.78 Å². The van der Waals surface area contributed by atoms with Crippen LogP contribution in [0.4, 0.5) is 8.78 Å². The molecule has 22 heavy (non-hydrogen) atoms. The largest absolute Gasteiger partial charge is 0.390 e. The van der Waals surface area contributed by atoms with Gasteiger partial charge in [0, 0.05) is 24.7 Å². The van der Waals surface area contributed by atoms with Crippen molar-refractivity contribution in [2.75, 3.05) is 26.2 Å². The lowest BCUT2D eigenvalue weighted by molar-refractivity contribution is 0.0891. The molecule has 0 radical (unpaired) electrons. The quantitative estimate of drug-likeness (QED) is 0.848. The molecule has 2 rings (SSSR count). The van der Waals surface area contributed by atoms with Gasteiger partial charge < -0.3 is 15.3 Å². The van der Waals surface area contributed by atoms with E-state index in [1.165, 1.54) is 18.9 Å². The Morgan fingerprint density at radius 3 is 2.68 bits per heavy atom. The van der Waals surface area contributed by atoms with Crippen LogP contribution in [0, 0.1) is 17.6 Å². The molecule has 1 fully saturated rings. The zero-order valence-corrected chi connectivity index (χ0v) is 13.4. The minimum Gasteiger partial charge on any atom is -0.390 e. The molecule has 0 bridgehead atoms. The van der Waals surface area contributed by atoms with E-state index in [0.717, 1.165) is 25.1 Å². The fourth-order valence-corrected chi connectivity index (χ4v) is 2.88. The lowest BCUT2D eigenvalue weighted by Gasteiger charge is -2.32. The molecule has 0 aromatic heterocycles. The van der Waals surface area contributed by atoms with Gasteiger partial charge in [-0.05, 0) is 44.8 Å². The number of aliphatic hydroxyl groups is 1. The van der Waals surface area contributed by atoms with Crippen molar-refractivity contribution in [1.29, 1.82) is 0 Å².